The van der Waals surface area contributed by atoms with Crippen molar-refractivity contribution in [3.63, 3.8) is 0 Å². The van der Waals surface area contributed by atoms with Crippen molar-refractivity contribution in [1.29, 1.82) is 0 Å². The van der Waals surface area contributed by atoms with Crippen LogP contribution in [0.2, 0.25) is 0 Å². The summed E-state index contributed by atoms with van der Waals surface area (Å²) < 4.78 is 13.6. The fourth-order valence-corrected chi connectivity index (χ4v) is 1.44. The Balaban J connectivity index is 2.69. The highest BCUT2D eigenvalue weighted by Crippen LogP contribution is 2.09. The number of halogens is 1. The van der Waals surface area contributed by atoms with Crippen molar-refractivity contribution in [2.45, 2.75) is 6.92 Å². The Kier molecular flexibility index (Phi) is 6.20. The van der Waals surface area contributed by atoms with Gasteiger partial charge in [0.15, 0.2) is 0 Å². The number of nitrogens with one attached hydrogen (secondary N) is 2. The third kappa shape index (κ3) is 5.08. The van der Waals surface area contributed by atoms with E-state index in [1.807, 2.05) is 0 Å². The van der Waals surface area contributed by atoms with Crippen LogP contribution in [0, 0.1) is 17.7 Å². The molecule has 0 atom stereocenters. The van der Waals surface area contributed by atoms with E-state index in [4.69, 9.17) is 5.73 Å². The fourth-order valence-electron chi connectivity index (χ4n) is 1.44. The van der Waals surface area contributed by atoms with Crippen LogP contribution in [-0.4, -0.2) is 31.4 Å². The van der Waals surface area contributed by atoms with Gasteiger partial charge in [-0.05, 0) is 18.2 Å². The number of carbonyl (C=O) groups excluding carboxylic acids is 2. The van der Waals surface area contributed by atoms with Crippen LogP contribution in [0.1, 0.15) is 22.8 Å². The Morgan fingerprint density at radius 3 is 2.65 bits per heavy atom. The molecule has 0 aromatic heterocycles. The standard InChI is InChI=1S/C14H16FN3O2/c1-10(19)17-7-8-18-14(20)12-9-11(3-2-6-16)4-5-13(12)15/h4-5,9H,6-8,16H2,1H3,(H,17,19)(H,18,20). The maximum absolute atomic E-state index is 13.6. The van der Waals surface area contributed by atoms with Crippen LogP contribution >= 0.6 is 0 Å². The summed E-state index contributed by atoms with van der Waals surface area (Å²) in [5, 5.41) is 5.03. The lowest BCUT2D eigenvalue weighted by molar-refractivity contribution is -0.118. The molecule has 0 aliphatic carbocycles. The molecule has 106 valence electrons. The van der Waals surface area contributed by atoms with E-state index in [2.05, 4.69) is 22.5 Å². The molecular weight excluding hydrogens is 261 g/mol. The van der Waals surface area contributed by atoms with Crippen molar-refractivity contribution in [2.75, 3.05) is 19.6 Å². The largest absolute Gasteiger partial charge is 0.355 e. The molecule has 0 unspecified atom stereocenters. The van der Waals surface area contributed by atoms with Gasteiger partial charge in [-0.2, -0.15) is 0 Å². The average molecular weight is 277 g/mol. The fraction of sp³-hybridized carbons (Fsp3) is 0.286. The molecule has 0 heterocycles. The van der Waals surface area contributed by atoms with E-state index >= 15 is 0 Å². The monoisotopic (exact) mass is 277 g/mol. The average Bonchev–Trinajstić information content (AvgIpc) is 2.42. The summed E-state index contributed by atoms with van der Waals surface area (Å²) in [6, 6.07) is 4.03. The number of hydrogen-bond donors (Lipinski definition) is 3. The summed E-state index contributed by atoms with van der Waals surface area (Å²) in [4.78, 5) is 22.4. The summed E-state index contributed by atoms with van der Waals surface area (Å²) in [5.41, 5.74) is 5.68. The van der Waals surface area contributed by atoms with Crippen molar-refractivity contribution >= 4 is 11.8 Å². The van der Waals surface area contributed by atoms with Gasteiger partial charge in [0.1, 0.15) is 5.82 Å². The third-order valence-electron chi connectivity index (χ3n) is 2.33. The summed E-state index contributed by atoms with van der Waals surface area (Å²) >= 11 is 0. The Morgan fingerprint density at radius 2 is 2.00 bits per heavy atom. The topological polar surface area (TPSA) is 84.2 Å². The van der Waals surface area contributed by atoms with Gasteiger partial charge in [0.25, 0.3) is 5.91 Å². The van der Waals surface area contributed by atoms with Crippen LogP contribution in [0.3, 0.4) is 0 Å². The zero-order valence-electron chi connectivity index (χ0n) is 11.1. The molecule has 0 aliphatic rings. The van der Waals surface area contributed by atoms with Crippen LogP contribution in [0.25, 0.3) is 0 Å². The van der Waals surface area contributed by atoms with Crippen LogP contribution in [0.5, 0.6) is 0 Å². The normalized spacial score (nSPS) is 9.35. The molecule has 5 nitrogen and oxygen atoms in total. The lowest BCUT2D eigenvalue weighted by Gasteiger charge is -2.07. The Labute approximate surface area is 116 Å². The van der Waals surface area contributed by atoms with Gasteiger partial charge in [0.2, 0.25) is 5.91 Å². The van der Waals surface area contributed by atoms with Crippen molar-refractivity contribution in [1.82, 2.24) is 10.6 Å². The highest BCUT2D eigenvalue weighted by molar-refractivity contribution is 5.94. The quantitative estimate of drug-likeness (QED) is 0.535. The third-order valence-corrected chi connectivity index (χ3v) is 2.33. The molecule has 0 bridgehead atoms. The summed E-state index contributed by atoms with van der Waals surface area (Å²) in [6.07, 6.45) is 0. The highest BCUT2D eigenvalue weighted by atomic mass is 19.1. The van der Waals surface area contributed by atoms with E-state index in [1.54, 1.807) is 0 Å². The maximum Gasteiger partial charge on any atom is 0.254 e. The van der Waals surface area contributed by atoms with Crippen LogP contribution in [0.4, 0.5) is 4.39 Å². The first-order valence-corrected chi connectivity index (χ1v) is 6.05. The molecule has 20 heavy (non-hydrogen) atoms. The van der Waals surface area contributed by atoms with E-state index in [0.29, 0.717) is 5.56 Å². The summed E-state index contributed by atoms with van der Waals surface area (Å²) in [7, 11) is 0. The van der Waals surface area contributed by atoms with E-state index < -0.39 is 11.7 Å². The van der Waals surface area contributed by atoms with Gasteiger partial charge in [-0.3, -0.25) is 9.59 Å². The molecule has 4 N–H and O–H groups in total. The number of rotatable bonds is 4. The first kappa shape index (κ1) is 15.7. The maximum atomic E-state index is 13.6. The lowest BCUT2D eigenvalue weighted by Crippen LogP contribution is -2.34. The predicted molar refractivity (Wildman–Crippen MR) is 73.3 cm³/mol. The minimum Gasteiger partial charge on any atom is -0.355 e. The first-order chi connectivity index (χ1) is 9.54. The number of hydrogen-bond acceptors (Lipinski definition) is 3. The van der Waals surface area contributed by atoms with E-state index in [-0.39, 0.29) is 31.1 Å². The molecule has 0 radical (unpaired) electrons. The van der Waals surface area contributed by atoms with Crippen molar-refractivity contribution in [2.24, 2.45) is 5.73 Å². The van der Waals surface area contributed by atoms with Gasteiger partial charge < -0.3 is 16.4 Å². The molecule has 6 heteroatoms. The second kappa shape index (κ2) is 7.92. The molecule has 1 aromatic carbocycles. The summed E-state index contributed by atoms with van der Waals surface area (Å²) in [6.45, 7) is 2.07. The van der Waals surface area contributed by atoms with Gasteiger partial charge in [-0.25, -0.2) is 4.39 Å². The number of amides is 2. The Bertz CT molecular complexity index is 561. The van der Waals surface area contributed by atoms with Crippen LogP contribution in [0.15, 0.2) is 18.2 Å². The Hall–Kier alpha value is -2.39. The minimum atomic E-state index is -0.625. The van der Waals surface area contributed by atoms with E-state index in [1.165, 1.54) is 25.1 Å². The Morgan fingerprint density at radius 1 is 1.30 bits per heavy atom. The van der Waals surface area contributed by atoms with Gasteiger partial charge in [0.05, 0.1) is 12.1 Å². The zero-order valence-corrected chi connectivity index (χ0v) is 11.1. The van der Waals surface area contributed by atoms with Crippen molar-refractivity contribution < 1.29 is 14.0 Å². The van der Waals surface area contributed by atoms with E-state index in [9.17, 15) is 14.0 Å². The van der Waals surface area contributed by atoms with Gasteiger partial charge in [-0.15, -0.1) is 0 Å². The van der Waals surface area contributed by atoms with Gasteiger partial charge in [-0.1, -0.05) is 11.8 Å². The second-order valence-corrected chi connectivity index (χ2v) is 3.94. The summed E-state index contributed by atoms with van der Waals surface area (Å²) in [5.74, 6) is 3.99. The minimum absolute atomic E-state index is 0.0864. The van der Waals surface area contributed by atoms with Crippen molar-refractivity contribution in [3.8, 4) is 11.8 Å². The van der Waals surface area contributed by atoms with Gasteiger partial charge >= 0.3 is 0 Å². The second-order valence-electron chi connectivity index (χ2n) is 3.94. The SMILES string of the molecule is CC(=O)NCCNC(=O)c1cc(C#CCN)ccc1F. The number of carbonyl (C=O) groups is 2. The molecule has 0 aliphatic heterocycles. The molecular formula is C14H16FN3O2. The lowest BCUT2D eigenvalue weighted by atomic mass is 10.1. The highest BCUT2D eigenvalue weighted by Gasteiger charge is 2.11. The van der Waals surface area contributed by atoms with Gasteiger partial charge in [0, 0.05) is 25.6 Å². The molecule has 1 aromatic rings. The molecule has 0 saturated carbocycles. The first-order valence-electron chi connectivity index (χ1n) is 6.05. The predicted octanol–water partition coefficient (Wildman–Crippen LogP) is 0.00180. The smallest absolute Gasteiger partial charge is 0.254 e. The van der Waals surface area contributed by atoms with Crippen molar-refractivity contribution in [3.05, 3.63) is 35.1 Å². The van der Waals surface area contributed by atoms with Crippen LogP contribution < -0.4 is 16.4 Å². The molecule has 0 saturated heterocycles. The van der Waals surface area contributed by atoms with E-state index in [0.717, 1.165) is 0 Å². The number of nitrogens with two attached hydrogens (primary N) is 1. The molecule has 2 amide bonds. The zero-order chi connectivity index (χ0) is 15.0. The molecule has 1 rings (SSSR count). The number of benzene rings is 1. The molecule has 0 fully saturated rings. The van der Waals surface area contributed by atoms with Crippen LogP contribution in [-0.2, 0) is 4.79 Å². The molecule has 0 spiro atoms.